The highest BCUT2D eigenvalue weighted by atomic mass is 32.1. The maximum absolute atomic E-state index is 11.0. The Morgan fingerprint density at radius 3 is 2.85 bits per heavy atom. The molecular formula is C13H11NO5S. The van der Waals surface area contributed by atoms with Crippen molar-refractivity contribution >= 4 is 23.0 Å². The minimum absolute atomic E-state index is 0.0220. The van der Waals surface area contributed by atoms with Crippen molar-refractivity contribution < 1.29 is 19.6 Å². The van der Waals surface area contributed by atoms with Gasteiger partial charge in [0.15, 0.2) is 0 Å². The number of hydrogen-bond acceptors (Lipinski definition) is 5. The Bertz CT molecular complexity index is 665. The first-order chi connectivity index (χ1) is 9.50. The Morgan fingerprint density at radius 1 is 1.45 bits per heavy atom. The van der Waals surface area contributed by atoms with Gasteiger partial charge in [0.2, 0.25) is 0 Å². The van der Waals surface area contributed by atoms with Gasteiger partial charge in [-0.15, -0.1) is 11.3 Å². The number of nitro groups is 1. The SMILES string of the molecule is Cc1c(OCc2ccsc2C(=O)O)cccc1[N+](=O)[O-]. The molecule has 0 radical (unpaired) electrons. The predicted molar refractivity (Wildman–Crippen MR) is 73.4 cm³/mol. The first-order valence-corrected chi connectivity index (χ1v) is 6.55. The van der Waals surface area contributed by atoms with E-state index in [0.717, 1.165) is 11.3 Å². The predicted octanol–water partition coefficient (Wildman–Crippen LogP) is 3.24. The molecule has 6 nitrogen and oxygen atoms in total. The van der Waals surface area contributed by atoms with Crippen LogP contribution in [0.3, 0.4) is 0 Å². The fraction of sp³-hybridized carbons (Fsp3) is 0.154. The molecule has 0 unspecified atom stereocenters. The number of rotatable bonds is 5. The van der Waals surface area contributed by atoms with Crippen LogP contribution in [0.4, 0.5) is 5.69 Å². The minimum Gasteiger partial charge on any atom is -0.488 e. The molecule has 0 saturated heterocycles. The lowest BCUT2D eigenvalue weighted by molar-refractivity contribution is -0.385. The average Bonchev–Trinajstić information content (AvgIpc) is 2.85. The van der Waals surface area contributed by atoms with E-state index in [0.29, 0.717) is 16.9 Å². The van der Waals surface area contributed by atoms with Crippen molar-refractivity contribution in [1.82, 2.24) is 0 Å². The number of nitrogens with zero attached hydrogens (tertiary/aromatic N) is 1. The van der Waals surface area contributed by atoms with E-state index in [-0.39, 0.29) is 17.2 Å². The molecule has 1 aromatic heterocycles. The molecule has 20 heavy (non-hydrogen) atoms. The molecule has 0 fully saturated rings. The second-order valence-corrected chi connectivity index (χ2v) is 4.94. The van der Waals surface area contributed by atoms with E-state index in [1.54, 1.807) is 24.4 Å². The third-order valence-corrected chi connectivity index (χ3v) is 3.72. The lowest BCUT2D eigenvalue weighted by Crippen LogP contribution is -2.03. The van der Waals surface area contributed by atoms with E-state index >= 15 is 0 Å². The number of benzene rings is 1. The summed E-state index contributed by atoms with van der Waals surface area (Å²) < 4.78 is 5.50. The van der Waals surface area contributed by atoms with Crippen LogP contribution >= 0.6 is 11.3 Å². The van der Waals surface area contributed by atoms with Gasteiger partial charge in [-0.3, -0.25) is 10.1 Å². The lowest BCUT2D eigenvalue weighted by Gasteiger charge is -2.08. The van der Waals surface area contributed by atoms with Crippen molar-refractivity contribution in [3.05, 3.63) is 55.8 Å². The van der Waals surface area contributed by atoms with E-state index in [2.05, 4.69) is 0 Å². The zero-order valence-electron chi connectivity index (χ0n) is 10.5. The molecule has 7 heteroatoms. The molecule has 0 saturated carbocycles. The monoisotopic (exact) mass is 293 g/mol. The normalized spacial score (nSPS) is 10.2. The van der Waals surface area contributed by atoms with Crippen molar-refractivity contribution in [2.75, 3.05) is 0 Å². The largest absolute Gasteiger partial charge is 0.488 e. The number of thiophene rings is 1. The van der Waals surface area contributed by atoms with Crippen molar-refractivity contribution in [1.29, 1.82) is 0 Å². The summed E-state index contributed by atoms with van der Waals surface area (Å²) in [4.78, 5) is 21.5. The van der Waals surface area contributed by atoms with Crippen LogP contribution in [-0.4, -0.2) is 16.0 Å². The van der Waals surface area contributed by atoms with Gasteiger partial charge < -0.3 is 9.84 Å². The van der Waals surface area contributed by atoms with Gasteiger partial charge in [-0.2, -0.15) is 0 Å². The first-order valence-electron chi connectivity index (χ1n) is 5.67. The highest BCUT2D eigenvalue weighted by Crippen LogP contribution is 2.28. The zero-order valence-corrected chi connectivity index (χ0v) is 11.3. The molecule has 1 heterocycles. The van der Waals surface area contributed by atoms with Gasteiger partial charge >= 0.3 is 5.97 Å². The summed E-state index contributed by atoms with van der Waals surface area (Å²) in [5.41, 5.74) is 0.948. The van der Waals surface area contributed by atoms with E-state index in [1.807, 2.05) is 0 Å². The number of carbonyl (C=O) groups is 1. The van der Waals surface area contributed by atoms with Gasteiger partial charge in [-0.05, 0) is 24.4 Å². The Labute approximate surface area is 118 Å². The van der Waals surface area contributed by atoms with Crippen LogP contribution in [0.2, 0.25) is 0 Å². The van der Waals surface area contributed by atoms with Crippen molar-refractivity contribution in [3.63, 3.8) is 0 Å². The van der Waals surface area contributed by atoms with Gasteiger partial charge in [0.05, 0.1) is 10.5 Å². The van der Waals surface area contributed by atoms with Gasteiger partial charge in [0.25, 0.3) is 5.69 Å². The summed E-state index contributed by atoms with van der Waals surface area (Å²) >= 11 is 1.12. The second-order valence-electron chi connectivity index (χ2n) is 4.03. The number of carboxylic acids is 1. The smallest absolute Gasteiger partial charge is 0.346 e. The van der Waals surface area contributed by atoms with Gasteiger partial charge in [0, 0.05) is 11.6 Å². The Morgan fingerprint density at radius 2 is 2.20 bits per heavy atom. The molecule has 0 aliphatic rings. The molecule has 0 amide bonds. The molecule has 2 rings (SSSR count). The first kappa shape index (κ1) is 14.0. The average molecular weight is 293 g/mol. The van der Waals surface area contributed by atoms with Crippen LogP contribution in [-0.2, 0) is 6.61 Å². The molecule has 1 N–H and O–H groups in total. The molecule has 0 bridgehead atoms. The quantitative estimate of drug-likeness (QED) is 0.675. The maximum atomic E-state index is 11.0. The maximum Gasteiger partial charge on any atom is 0.346 e. The number of carboxylic acid groups (broad SMARTS) is 1. The van der Waals surface area contributed by atoms with Gasteiger partial charge in [-0.1, -0.05) is 6.07 Å². The van der Waals surface area contributed by atoms with E-state index in [9.17, 15) is 14.9 Å². The fourth-order valence-electron chi connectivity index (χ4n) is 1.75. The van der Waals surface area contributed by atoms with Crippen LogP contribution in [0.5, 0.6) is 5.75 Å². The molecule has 104 valence electrons. The van der Waals surface area contributed by atoms with Gasteiger partial charge in [-0.25, -0.2) is 4.79 Å². The van der Waals surface area contributed by atoms with Crippen LogP contribution < -0.4 is 4.74 Å². The van der Waals surface area contributed by atoms with Crippen molar-refractivity contribution in [2.45, 2.75) is 13.5 Å². The Balaban J connectivity index is 2.19. The highest BCUT2D eigenvalue weighted by Gasteiger charge is 2.16. The van der Waals surface area contributed by atoms with Gasteiger partial charge in [0.1, 0.15) is 17.2 Å². The summed E-state index contributed by atoms with van der Waals surface area (Å²) in [7, 11) is 0. The van der Waals surface area contributed by atoms with Crippen molar-refractivity contribution in [2.24, 2.45) is 0 Å². The molecule has 2 aromatic rings. The number of hydrogen-bond donors (Lipinski definition) is 1. The summed E-state index contributed by atoms with van der Waals surface area (Å²) in [5, 5.41) is 21.5. The summed E-state index contributed by atoms with van der Waals surface area (Å²) in [6.07, 6.45) is 0. The number of aromatic carboxylic acids is 1. The van der Waals surface area contributed by atoms with E-state index < -0.39 is 10.9 Å². The molecule has 0 aliphatic carbocycles. The van der Waals surface area contributed by atoms with Crippen LogP contribution in [0, 0.1) is 17.0 Å². The Kier molecular flexibility index (Phi) is 3.99. The summed E-state index contributed by atoms with van der Waals surface area (Å²) in [5.74, 6) is -0.629. The van der Waals surface area contributed by atoms with E-state index in [1.165, 1.54) is 12.1 Å². The molecule has 0 atom stereocenters. The number of ether oxygens (including phenoxy) is 1. The van der Waals surface area contributed by atoms with Crippen LogP contribution in [0.25, 0.3) is 0 Å². The lowest BCUT2D eigenvalue weighted by atomic mass is 10.2. The highest BCUT2D eigenvalue weighted by molar-refractivity contribution is 7.12. The fourth-order valence-corrected chi connectivity index (χ4v) is 2.50. The third-order valence-electron chi connectivity index (χ3n) is 2.78. The minimum atomic E-state index is -1.01. The molecule has 0 spiro atoms. The van der Waals surface area contributed by atoms with Crippen LogP contribution in [0.15, 0.2) is 29.6 Å². The third kappa shape index (κ3) is 2.77. The van der Waals surface area contributed by atoms with Crippen LogP contribution in [0.1, 0.15) is 20.8 Å². The molecular weight excluding hydrogens is 282 g/mol. The Hall–Kier alpha value is -2.41. The standard InChI is InChI=1S/C13H11NO5S/c1-8-10(14(17)18)3-2-4-11(8)19-7-9-5-6-20-12(9)13(15)16/h2-6H,7H2,1H3,(H,15,16). The molecule has 0 aliphatic heterocycles. The second kappa shape index (κ2) is 5.70. The topological polar surface area (TPSA) is 89.7 Å². The van der Waals surface area contributed by atoms with E-state index in [4.69, 9.17) is 9.84 Å². The summed E-state index contributed by atoms with van der Waals surface area (Å²) in [6, 6.07) is 6.22. The van der Waals surface area contributed by atoms with Crippen molar-refractivity contribution in [3.8, 4) is 5.75 Å². The zero-order chi connectivity index (χ0) is 14.7. The molecule has 1 aromatic carbocycles. The number of nitro benzene ring substituents is 1. The summed E-state index contributed by atoms with van der Waals surface area (Å²) in [6.45, 7) is 1.66.